The normalized spacial score (nSPS) is 11.6. The topological polar surface area (TPSA) is 49.8 Å². The second kappa shape index (κ2) is 13.1. The lowest BCUT2D eigenvalue weighted by atomic mass is 10.0. The highest BCUT2D eigenvalue weighted by molar-refractivity contribution is 5.98. The maximum atomic E-state index is 13.9. The van der Waals surface area contributed by atoms with Gasteiger partial charge in [-0.05, 0) is 68.3 Å². The lowest BCUT2D eigenvalue weighted by Crippen LogP contribution is -2.40. The van der Waals surface area contributed by atoms with Gasteiger partial charge in [0, 0.05) is 24.7 Å². The molecule has 0 amide bonds. The predicted octanol–water partition coefficient (Wildman–Crippen LogP) is 5.86. The number of aliphatic hydroxyl groups excluding tert-OH is 1. The van der Waals surface area contributed by atoms with E-state index >= 15 is 0 Å². The Morgan fingerprint density at radius 3 is 2.26 bits per heavy atom. The van der Waals surface area contributed by atoms with Gasteiger partial charge in [0.25, 0.3) is 0 Å². The Labute approximate surface area is 205 Å². The number of para-hydroxylation sites is 1. The molecule has 0 aromatic heterocycles. The molecular formula is C27H30ClF2NO3. The molecule has 0 spiro atoms. The zero-order valence-corrected chi connectivity index (χ0v) is 20.1. The van der Waals surface area contributed by atoms with Crippen molar-refractivity contribution >= 4 is 23.9 Å². The van der Waals surface area contributed by atoms with Gasteiger partial charge in [-0.25, -0.2) is 8.78 Å². The number of aryl methyl sites for hydroxylation is 1. The first-order chi connectivity index (χ1) is 15.8. The number of carbonyl (C=O) groups is 1. The van der Waals surface area contributed by atoms with Crippen molar-refractivity contribution in [2.45, 2.75) is 38.8 Å². The van der Waals surface area contributed by atoms with E-state index in [1.54, 1.807) is 12.1 Å². The zero-order valence-electron chi connectivity index (χ0n) is 19.3. The molecule has 1 unspecified atom stereocenters. The van der Waals surface area contributed by atoms with Crippen molar-refractivity contribution in [2.24, 2.45) is 0 Å². The Morgan fingerprint density at radius 2 is 1.62 bits per heavy atom. The summed E-state index contributed by atoms with van der Waals surface area (Å²) in [7, 11) is 0. The Balaban J connectivity index is 0.00000408. The lowest BCUT2D eigenvalue weighted by molar-refractivity contribution is 0.0956. The van der Waals surface area contributed by atoms with Crippen LogP contribution in [0.5, 0.6) is 5.75 Å². The number of ether oxygens (including phenoxy) is 1. The Bertz CT molecular complexity index is 1050. The molecule has 34 heavy (non-hydrogen) atoms. The maximum absolute atomic E-state index is 13.9. The number of halogens is 3. The zero-order chi connectivity index (χ0) is 23.8. The van der Waals surface area contributed by atoms with Gasteiger partial charge in [0.15, 0.2) is 5.78 Å². The number of carbonyl (C=O) groups excluding carboxylic acids is 1. The van der Waals surface area contributed by atoms with Gasteiger partial charge in [0.05, 0.1) is 5.56 Å². The van der Waals surface area contributed by atoms with Crippen LogP contribution in [0.3, 0.4) is 0 Å². The Hall–Kier alpha value is -2.96. The summed E-state index contributed by atoms with van der Waals surface area (Å²) in [6.07, 6.45) is -0.291. The summed E-state index contributed by atoms with van der Waals surface area (Å²) in [6.45, 7) is 4.38. The van der Waals surface area contributed by atoms with E-state index in [4.69, 9.17) is 4.74 Å². The van der Waals surface area contributed by atoms with Crippen LogP contribution in [-0.4, -0.2) is 36.2 Å². The summed E-state index contributed by atoms with van der Waals surface area (Å²) in [5.41, 5.74) is 1.94. The minimum absolute atomic E-state index is 0. The van der Waals surface area contributed by atoms with Crippen molar-refractivity contribution in [3.05, 3.63) is 95.6 Å². The molecule has 0 aliphatic carbocycles. The van der Waals surface area contributed by atoms with E-state index in [-0.39, 0.29) is 54.4 Å². The summed E-state index contributed by atoms with van der Waals surface area (Å²) in [4.78, 5) is 14.8. The van der Waals surface area contributed by atoms with Crippen LogP contribution in [0.4, 0.5) is 14.5 Å². The fourth-order valence-electron chi connectivity index (χ4n) is 3.59. The van der Waals surface area contributed by atoms with Gasteiger partial charge >= 0.3 is 0 Å². The number of aliphatic hydroxyl groups is 1. The van der Waals surface area contributed by atoms with E-state index in [0.29, 0.717) is 13.0 Å². The summed E-state index contributed by atoms with van der Waals surface area (Å²) in [5, 5.41) is 10.6. The number of anilines is 1. The highest BCUT2D eigenvalue weighted by Crippen LogP contribution is 2.23. The van der Waals surface area contributed by atoms with Gasteiger partial charge in [-0.3, -0.25) is 4.79 Å². The number of ketones is 1. The van der Waals surface area contributed by atoms with Gasteiger partial charge in [-0.1, -0.05) is 30.3 Å². The molecule has 7 heteroatoms. The molecular weight excluding hydrogens is 460 g/mol. The first-order valence-electron chi connectivity index (χ1n) is 11.0. The van der Waals surface area contributed by atoms with Crippen molar-refractivity contribution in [1.82, 2.24) is 0 Å². The molecule has 3 aromatic rings. The van der Waals surface area contributed by atoms with E-state index < -0.39 is 11.9 Å². The molecule has 0 aliphatic rings. The van der Waals surface area contributed by atoms with Crippen molar-refractivity contribution in [1.29, 1.82) is 0 Å². The standard InChI is InChI=1S/C27H29F2NO3.ClH/c1-19(2)30(23-6-4-3-5-7-23)17-24(31)18-33-27-15-13-22(29)16-25(27)26(32)14-10-20-8-11-21(28)12-9-20;/h3-9,11-13,15-16,19,24,31H,10,14,17-18H2,1-2H3;1H. The molecule has 0 saturated carbocycles. The molecule has 0 radical (unpaired) electrons. The SMILES string of the molecule is CC(C)N(CC(O)COc1ccc(F)cc1C(=O)CCc1ccc(F)cc1)c1ccccc1.Cl. The molecule has 0 saturated heterocycles. The predicted molar refractivity (Wildman–Crippen MR) is 133 cm³/mol. The van der Waals surface area contributed by atoms with Gasteiger partial charge in [-0.15, -0.1) is 12.4 Å². The first-order valence-corrected chi connectivity index (χ1v) is 11.0. The minimum atomic E-state index is -0.820. The molecule has 0 heterocycles. The summed E-state index contributed by atoms with van der Waals surface area (Å²) < 4.78 is 32.7. The van der Waals surface area contributed by atoms with Crippen LogP contribution in [0.2, 0.25) is 0 Å². The average Bonchev–Trinajstić information content (AvgIpc) is 2.81. The molecule has 4 nitrogen and oxygen atoms in total. The van der Waals surface area contributed by atoms with Crippen molar-refractivity contribution < 1.29 is 23.4 Å². The fourth-order valence-corrected chi connectivity index (χ4v) is 3.59. The third kappa shape index (κ3) is 7.82. The number of rotatable bonds is 11. The number of Topliss-reactive ketones (excluding diaryl/α,β-unsaturated/α-hetero) is 1. The molecule has 182 valence electrons. The maximum Gasteiger partial charge on any atom is 0.167 e. The average molecular weight is 490 g/mol. The summed E-state index contributed by atoms with van der Waals surface area (Å²) >= 11 is 0. The molecule has 0 fully saturated rings. The molecule has 1 N–H and O–H groups in total. The van der Waals surface area contributed by atoms with Crippen LogP contribution in [0.25, 0.3) is 0 Å². The van der Waals surface area contributed by atoms with Gasteiger partial charge in [0.1, 0.15) is 30.1 Å². The Kier molecular flexibility index (Phi) is 10.5. The monoisotopic (exact) mass is 489 g/mol. The number of benzene rings is 3. The highest BCUT2D eigenvalue weighted by Gasteiger charge is 2.18. The third-order valence-corrected chi connectivity index (χ3v) is 5.35. The van der Waals surface area contributed by atoms with E-state index in [2.05, 4.69) is 4.90 Å². The fraction of sp³-hybridized carbons (Fsp3) is 0.296. The molecule has 0 aliphatic heterocycles. The second-order valence-electron chi connectivity index (χ2n) is 8.24. The highest BCUT2D eigenvalue weighted by atomic mass is 35.5. The molecule has 3 aromatic carbocycles. The van der Waals surface area contributed by atoms with Crippen molar-refractivity contribution in [2.75, 3.05) is 18.1 Å². The van der Waals surface area contributed by atoms with Gasteiger partial charge < -0.3 is 14.7 Å². The van der Waals surface area contributed by atoms with Crippen LogP contribution in [0, 0.1) is 11.6 Å². The molecule has 0 bridgehead atoms. The summed E-state index contributed by atoms with van der Waals surface area (Å²) in [5.74, 6) is -0.928. The second-order valence-corrected chi connectivity index (χ2v) is 8.24. The van der Waals surface area contributed by atoms with Crippen molar-refractivity contribution in [3.8, 4) is 5.75 Å². The lowest BCUT2D eigenvalue weighted by Gasteiger charge is -2.31. The van der Waals surface area contributed by atoms with E-state index in [1.807, 2.05) is 44.2 Å². The van der Waals surface area contributed by atoms with Crippen molar-refractivity contribution in [3.63, 3.8) is 0 Å². The molecule has 3 rings (SSSR count). The van der Waals surface area contributed by atoms with Gasteiger partial charge in [-0.2, -0.15) is 0 Å². The molecule has 1 atom stereocenters. The number of nitrogens with zero attached hydrogens (tertiary/aromatic N) is 1. The van der Waals surface area contributed by atoms with E-state index in [1.165, 1.54) is 24.3 Å². The van der Waals surface area contributed by atoms with Crippen LogP contribution >= 0.6 is 12.4 Å². The van der Waals surface area contributed by atoms with Crippen LogP contribution in [-0.2, 0) is 6.42 Å². The quantitative estimate of drug-likeness (QED) is 0.343. The number of hydrogen-bond donors (Lipinski definition) is 1. The number of hydrogen-bond acceptors (Lipinski definition) is 4. The third-order valence-electron chi connectivity index (χ3n) is 5.35. The Morgan fingerprint density at radius 1 is 0.971 bits per heavy atom. The summed E-state index contributed by atoms with van der Waals surface area (Å²) in [6, 6.07) is 19.6. The van der Waals surface area contributed by atoms with Crippen LogP contribution < -0.4 is 9.64 Å². The van der Waals surface area contributed by atoms with E-state index in [9.17, 15) is 18.7 Å². The van der Waals surface area contributed by atoms with Crippen LogP contribution in [0.15, 0.2) is 72.8 Å². The smallest absolute Gasteiger partial charge is 0.167 e. The van der Waals surface area contributed by atoms with E-state index in [0.717, 1.165) is 17.3 Å². The largest absolute Gasteiger partial charge is 0.490 e. The van der Waals surface area contributed by atoms with Crippen LogP contribution in [0.1, 0.15) is 36.2 Å². The minimum Gasteiger partial charge on any atom is -0.490 e. The van der Waals surface area contributed by atoms with Gasteiger partial charge in [0.2, 0.25) is 0 Å². The first kappa shape index (κ1) is 27.3.